The molecule has 0 atom stereocenters. The van der Waals surface area contributed by atoms with E-state index in [-0.39, 0.29) is 17.4 Å². The van der Waals surface area contributed by atoms with Gasteiger partial charge in [-0.3, -0.25) is 9.59 Å². The molecule has 2 aromatic carbocycles. The standard InChI is InChI=1S/C18H19NO2S/c1-13-8-9-16(10-14(13)2)19-18(21)12-22-11-17(20)15-6-4-3-5-7-15/h3-10H,11-12H2,1-2H3,(H,19,21). The third-order valence-corrected chi connectivity index (χ3v) is 4.29. The number of Topliss-reactive ketones (excluding diaryl/α,β-unsaturated/α-hetero) is 1. The lowest BCUT2D eigenvalue weighted by Crippen LogP contribution is -2.15. The average molecular weight is 313 g/mol. The van der Waals surface area contributed by atoms with E-state index in [9.17, 15) is 9.59 Å². The maximum absolute atomic E-state index is 11.9. The fourth-order valence-electron chi connectivity index (χ4n) is 1.96. The van der Waals surface area contributed by atoms with Crippen molar-refractivity contribution in [2.45, 2.75) is 13.8 Å². The van der Waals surface area contributed by atoms with E-state index in [0.29, 0.717) is 11.3 Å². The Bertz CT molecular complexity index is 668. The smallest absolute Gasteiger partial charge is 0.234 e. The first kappa shape index (κ1) is 16.3. The monoisotopic (exact) mass is 313 g/mol. The van der Waals surface area contributed by atoms with Gasteiger partial charge in [0.05, 0.1) is 11.5 Å². The Morgan fingerprint density at radius 2 is 1.68 bits per heavy atom. The quantitative estimate of drug-likeness (QED) is 0.824. The van der Waals surface area contributed by atoms with Crippen LogP contribution < -0.4 is 5.32 Å². The van der Waals surface area contributed by atoms with Crippen molar-refractivity contribution >= 4 is 29.1 Å². The van der Waals surface area contributed by atoms with Crippen molar-refractivity contribution in [2.24, 2.45) is 0 Å². The number of amides is 1. The highest BCUT2D eigenvalue weighted by Gasteiger charge is 2.08. The van der Waals surface area contributed by atoms with Crippen LogP contribution in [-0.4, -0.2) is 23.2 Å². The van der Waals surface area contributed by atoms with Crippen LogP contribution in [0.1, 0.15) is 21.5 Å². The van der Waals surface area contributed by atoms with Gasteiger partial charge in [-0.25, -0.2) is 0 Å². The molecule has 0 fully saturated rings. The summed E-state index contributed by atoms with van der Waals surface area (Å²) in [5, 5.41) is 2.85. The summed E-state index contributed by atoms with van der Waals surface area (Å²) >= 11 is 1.33. The molecule has 22 heavy (non-hydrogen) atoms. The number of carbonyl (C=O) groups excluding carboxylic acids is 2. The minimum absolute atomic E-state index is 0.0459. The van der Waals surface area contributed by atoms with Crippen molar-refractivity contribution in [3.05, 3.63) is 65.2 Å². The van der Waals surface area contributed by atoms with Gasteiger partial charge in [-0.15, -0.1) is 11.8 Å². The number of anilines is 1. The lowest BCUT2D eigenvalue weighted by Gasteiger charge is -2.07. The molecule has 2 aromatic rings. The molecule has 0 unspecified atom stereocenters. The summed E-state index contributed by atoms with van der Waals surface area (Å²) in [4.78, 5) is 23.8. The van der Waals surface area contributed by atoms with Gasteiger partial charge in [0, 0.05) is 11.3 Å². The zero-order valence-electron chi connectivity index (χ0n) is 12.8. The van der Waals surface area contributed by atoms with Crippen LogP contribution in [-0.2, 0) is 4.79 Å². The Morgan fingerprint density at radius 1 is 0.955 bits per heavy atom. The summed E-state index contributed by atoms with van der Waals surface area (Å²) in [6.45, 7) is 4.05. The molecule has 0 radical (unpaired) electrons. The van der Waals surface area contributed by atoms with E-state index in [1.54, 1.807) is 12.1 Å². The zero-order chi connectivity index (χ0) is 15.9. The molecule has 0 saturated carbocycles. The summed E-state index contributed by atoms with van der Waals surface area (Å²) in [7, 11) is 0. The van der Waals surface area contributed by atoms with Crippen LogP contribution in [0.2, 0.25) is 0 Å². The molecule has 0 heterocycles. The van der Waals surface area contributed by atoms with Crippen LogP contribution in [0.25, 0.3) is 0 Å². The Morgan fingerprint density at radius 3 is 2.36 bits per heavy atom. The van der Waals surface area contributed by atoms with Crippen molar-refractivity contribution in [3.8, 4) is 0 Å². The molecule has 0 aliphatic heterocycles. The number of thioether (sulfide) groups is 1. The summed E-state index contributed by atoms with van der Waals surface area (Å²) in [5.41, 5.74) is 3.82. The van der Waals surface area contributed by atoms with E-state index in [0.717, 1.165) is 11.3 Å². The number of hydrogen-bond donors (Lipinski definition) is 1. The van der Waals surface area contributed by atoms with E-state index in [2.05, 4.69) is 5.32 Å². The molecule has 0 aliphatic carbocycles. The van der Waals surface area contributed by atoms with Gasteiger partial charge in [0.15, 0.2) is 5.78 Å². The summed E-state index contributed by atoms with van der Waals surface area (Å²) in [6.07, 6.45) is 0. The molecular weight excluding hydrogens is 294 g/mol. The predicted molar refractivity (Wildman–Crippen MR) is 92.6 cm³/mol. The summed E-state index contributed by atoms with van der Waals surface area (Å²) in [6, 6.07) is 15.0. The second-order valence-corrected chi connectivity index (χ2v) is 6.11. The molecule has 4 heteroatoms. The molecule has 0 aromatic heterocycles. The normalized spacial score (nSPS) is 10.3. The fraction of sp³-hybridized carbons (Fsp3) is 0.222. The van der Waals surface area contributed by atoms with Crippen LogP contribution in [0.4, 0.5) is 5.69 Å². The van der Waals surface area contributed by atoms with Gasteiger partial charge >= 0.3 is 0 Å². The minimum atomic E-state index is -0.0888. The average Bonchev–Trinajstić information content (AvgIpc) is 2.51. The molecule has 0 bridgehead atoms. The van der Waals surface area contributed by atoms with Gasteiger partial charge in [-0.05, 0) is 37.1 Å². The first-order chi connectivity index (χ1) is 10.6. The highest BCUT2D eigenvalue weighted by atomic mass is 32.2. The zero-order valence-corrected chi connectivity index (χ0v) is 13.6. The third-order valence-electron chi connectivity index (χ3n) is 3.35. The number of rotatable bonds is 6. The first-order valence-corrected chi connectivity index (χ1v) is 8.25. The lowest BCUT2D eigenvalue weighted by molar-refractivity contribution is -0.113. The van der Waals surface area contributed by atoms with Crippen molar-refractivity contribution in [1.29, 1.82) is 0 Å². The van der Waals surface area contributed by atoms with Gasteiger partial charge in [0.2, 0.25) is 5.91 Å². The van der Waals surface area contributed by atoms with E-state index >= 15 is 0 Å². The largest absolute Gasteiger partial charge is 0.325 e. The second kappa shape index (κ2) is 7.80. The maximum atomic E-state index is 11.9. The van der Waals surface area contributed by atoms with E-state index < -0.39 is 0 Å². The Balaban J connectivity index is 1.78. The molecule has 0 saturated heterocycles. The molecule has 1 N–H and O–H groups in total. The molecule has 0 aliphatic rings. The first-order valence-electron chi connectivity index (χ1n) is 7.09. The minimum Gasteiger partial charge on any atom is -0.325 e. The number of aryl methyl sites for hydroxylation is 2. The predicted octanol–water partition coefficient (Wildman–Crippen LogP) is 3.86. The Hall–Kier alpha value is -2.07. The molecule has 2 rings (SSSR count). The van der Waals surface area contributed by atoms with Crippen LogP contribution in [0.15, 0.2) is 48.5 Å². The van der Waals surface area contributed by atoms with Crippen molar-refractivity contribution in [3.63, 3.8) is 0 Å². The number of nitrogens with one attached hydrogen (secondary N) is 1. The number of hydrogen-bond acceptors (Lipinski definition) is 3. The van der Waals surface area contributed by atoms with Crippen molar-refractivity contribution in [2.75, 3.05) is 16.8 Å². The second-order valence-electron chi connectivity index (χ2n) is 5.13. The van der Waals surface area contributed by atoms with Crippen LogP contribution in [0, 0.1) is 13.8 Å². The molecule has 1 amide bonds. The summed E-state index contributed by atoms with van der Waals surface area (Å²) < 4.78 is 0. The van der Waals surface area contributed by atoms with Crippen molar-refractivity contribution < 1.29 is 9.59 Å². The summed E-state index contributed by atoms with van der Waals surface area (Å²) in [5.74, 6) is 0.536. The van der Waals surface area contributed by atoms with Gasteiger partial charge in [-0.1, -0.05) is 36.4 Å². The molecular formula is C18H19NO2S. The number of carbonyl (C=O) groups is 2. The topological polar surface area (TPSA) is 46.2 Å². The molecule has 3 nitrogen and oxygen atoms in total. The van der Waals surface area contributed by atoms with E-state index in [4.69, 9.17) is 0 Å². The van der Waals surface area contributed by atoms with Crippen LogP contribution in [0.3, 0.4) is 0 Å². The van der Waals surface area contributed by atoms with E-state index in [1.807, 2.05) is 50.2 Å². The fourth-order valence-corrected chi connectivity index (χ4v) is 2.67. The van der Waals surface area contributed by atoms with E-state index in [1.165, 1.54) is 17.3 Å². The van der Waals surface area contributed by atoms with Crippen molar-refractivity contribution in [1.82, 2.24) is 0 Å². The van der Waals surface area contributed by atoms with Crippen LogP contribution in [0.5, 0.6) is 0 Å². The number of ketones is 1. The van der Waals surface area contributed by atoms with Crippen LogP contribution >= 0.6 is 11.8 Å². The molecule has 114 valence electrons. The highest BCUT2D eigenvalue weighted by Crippen LogP contribution is 2.15. The SMILES string of the molecule is Cc1ccc(NC(=O)CSCC(=O)c2ccccc2)cc1C. The van der Waals surface area contributed by atoms with Gasteiger partial charge in [-0.2, -0.15) is 0 Å². The Kier molecular flexibility index (Phi) is 5.78. The maximum Gasteiger partial charge on any atom is 0.234 e. The lowest BCUT2D eigenvalue weighted by atomic mass is 10.1. The van der Waals surface area contributed by atoms with Gasteiger partial charge in [0.1, 0.15) is 0 Å². The molecule has 0 spiro atoms. The third kappa shape index (κ3) is 4.74. The van der Waals surface area contributed by atoms with Gasteiger partial charge in [0.25, 0.3) is 0 Å². The van der Waals surface area contributed by atoms with Gasteiger partial charge < -0.3 is 5.32 Å². The number of benzene rings is 2. The highest BCUT2D eigenvalue weighted by molar-refractivity contribution is 8.00. The Labute approximate surface area is 135 Å².